The normalized spacial score (nSPS) is 34.8. The summed E-state index contributed by atoms with van der Waals surface area (Å²) < 4.78 is 5.41. The third-order valence-corrected chi connectivity index (χ3v) is 2.92. The first kappa shape index (κ1) is 11.0. The van der Waals surface area contributed by atoms with Crippen molar-refractivity contribution in [2.75, 3.05) is 13.2 Å². The number of rotatable bonds is 4. The average molecular weight is 186 g/mol. The highest BCUT2D eigenvalue weighted by molar-refractivity contribution is 4.84. The van der Waals surface area contributed by atoms with Gasteiger partial charge in [-0.25, -0.2) is 0 Å². The van der Waals surface area contributed by atoms with Crippen LogP contribution in [0, 0.1) is 5.92 Å². The van der Waals surface area contributed by atoms with E-state index >= 15 is 0 Å². The predicted octanol–water partition coefficient (Wildman–Crippen LogP) is 2.35. The van der Waals surface area contributed by atoms with E-state index in [-0.39, 0.29) is 0 Å². The SMILES string of the molecule is CCCOCC1(O)CCC(C)CC1. The fraction of sp³-hybridized carbons (Fsp3) is 1.00. The first-order chi connectivity index (χ1) is 6.16. The number of hydrogen-bond donors (Lipinski definition) is 1. The van der Waals surface area contributed by atoms with Gasteiger partial charge in [-0.2, -0.15) is 0 Å². The van der Waals surface area contributed by atoms with Gasteiger partial charge in [0.2, 0.25) is 0 Å². The summed E-state index contributed by atoms with van der Waals surface area (Å²) >= 11 is 0. The zero-order chi connectivity index (χ0) is 9.73. The molecule has 0 spiro atoms. The van der Waals surface area contributed by atoms with Gasteiger partial charge in [0.25, 0.3) is 0 Å². The molecule has 0 heterocycles. The van der Waals surface area contributed by atoms with Crippen molar-refractivity contribution in [2.24, 2.45) is 5.92 Å². The Bertz CT molecular complexity index is 137. The summed E-state index contributed by atoms with van der Waals surface area (Å²) in [6.07, 6.45) is 5.15. The molecule has 1 aliphatic rings. The Kier molecular flexibility index (Phi) is 4.20. The van der Waals surface area contributed by atoms with E-state index in [1.807, 2.05) is 0 Å². The smallest absolute Gasteiger partial charge is 0.0880 e. The highest BCUT2D eigenvalue weighted by Gasteiger charge is 2.31. The zero-order valence-corrected chi connectivity index (χ0v) is 8.88. The van der Waals surface area contributed by atoms with Crippen LogP contribution in [0.5, 0.6) is 0 Å². The maximum Gasteiger partial charge on any atom is 0.0880 e. The van der Waals surface area contributed by atoms with Crippen molar-refractivity contribution < 1.29 is 9.84 Å². The first-order valence-electron chi connectivity index (χ1n) is 5.46. The summed E-state index contributed by atoms with van der Waals surface area (Å²) in [5.41, 5.74) is -0.512. The molecule has 0 bridgehead atoms. The minimum absolute atomic E-state index is 0.512. The van der Waals surface area contributed by atoms with Crippen molar-refractivity contribution in [3.8, 4) is 0 Å². The Morgan fingerprint density at radius 2 is 2.00 bits per heavy atom. The van der Waals surface area contributed by atoms with E-state index in [1.165, 1.54) is 0 Å². The van der Waals surface area contributed by atoms with Crippen molar-refractivity contribution >= 4 is 0 Å². The summed E-state index contributed by atoms with van der Waals surface area (Å²) in [7, 11) is 0. The van der Waals surface area contributed by atoms with Crippen LogP contribution in [0.15, 0.2) is 0 Å². The monoisotopic (exact) mass is 186 g/mol. The van der Waals surface area contributed by atoms with Crippen molar-refractivity contribution in [3.63, 3.8) is 0 Å². The second-order valence-corrected chi connectivity index (χ2v) is 4.46. The van der Waals surface area contributed by atoms with E-state index in [9.17, 15) is 5.11 Å². The van der Waals surface area contributed by atoms with E-state index in [0.717, 1.165) is 44.6 Å². The summed E-state index contributed by atoms with van der Waals surface area (Å²) in [4.78, 5) is 0. The van der Waals surface area contributed by atoms with Crippen molar-refractivity contribution in [1.29, 1.82) is 0 Å². The molecule has 1 N–H and O–H groups in total. The van der Waals surface area contributed by atoms with E-state index < -0.39 is 5.60 Å². The van der Waals surface area contributed by atoms with E-state index in [2.05, 4.69) is 13.8 Å². The Balaban J connectivity index is 2.22. The van der Waals surface area contributed by atoms with Crippen LogP contribution in [-0.4, -0.2) is 23.9 Å². The van der Waals surface area contributed by atoms with Crippen molar-refractivity contribution in [3.05, 3.63) is 0 Å². The molecule has 1 aliphatic carbocycles. The van der Waals surface area contributed by atoms with Crippen LogP contribution in [0.3, 0.4) is 0 Å². The minimum atomic E-state index is -0.512. The van der Waals surface area contributed by atoms with Gasteiger partial charge in [0.1, 0.15) is 0 Å². The second-order valence-electron chi connectivity index (χ2n) is 4.46. The molecular formula is C11H22O2. The molecule has 0 aromatic carbocycles. The van der Waals surface area contributed by atoms with E-state index in [1.54, 1.807) is 0 Å². The molecule has 2 heteroatoms. The fourth-order valence-electron chi connectivity index (χ4n) is 1.85. The van der Waals surface area contributed by atoms with Gasteiger partial charge in [-0.3, -0.25) is 0 Å². The van der Waals surface area contributed by atoms with Gasteiger partial charge in [-0.05, 0) is 38.0 Å². The highest BCUT2D eigenvalue weighted by atomic mass is 16.5. The summed E-state index contributed by atoms with van der Waals surface area (Å²) in [5, 5.41) is 10.1. The first-order valence-corrected chi connectivity index (χ1v) is 5.46. The third kappa shape index (κ3) is 3.65. The van der Waals surface area contributed by atoms with E-state index in [4.69, 9.17) is 4.74 Å². The van der Waals surface area contributed by atoms with Gasteiger partial charge in [0.05, 0.1) is 12.2 Å². The summed E-state index contributed by atoms with van der Waals surface area (Å²) in [6.45, 7) is 5.66. The minimum Gasteiger partial charge on any atom is -0.387 e. The standard InChI is InChI=1S/C11H22O2/c1-3-8-13-9-11(12)6-4-10(2)5-7-11/h10,12H,3-9H2,1-2H3. The molecule has 0 radical (unpaired) electrons. The van der Waals surface area contributed by atoms with Gasteiger partial charge in [0, 0.05) is 6.61 Å². The topological polar surface area (TPSA) is 29.5 Å². The lowest BCUT2D eigenvalue weighted by molar-refractivity contribution is -0.0745. The quantitative estimate of drug-likeness (QED) is 0.683. The van der Waals surface area contributed by atoms with Crippen LogP contribution in [-0.2, 0) is 4.74 Å². The molecule has 0 atom stereocenters. The van der Waals surface area contributed by atoms with Crippen LogP contribution in [0.25, 0.3) is 0 Å². The van der Waals surface area contributed by atoms with Crippen LogP contribution in [0.1, 0.15) is 46.0 Å². The number of hydrogen-bond acceptors (Lipinski definition) is 2. The molecule has 1 saturated carbocycles. The van der Waals surface area contributed by atoms with Crippen LogP contribution < -0.4 is 0 Å². The van der Waals surface area contributed by atoms with Gasteiger partial charge < -0.3 is 9.84 Å². The van der Waals surface area contributed by atoms with Gasteiger partial charge in [-0.1, -0.05) is 13.8 Å². The number of aliphatic hydroxyl groups is 1. The molecule has 0 unspecified atom stereocenters. The molecule has 0 amide bonds. The molecule has 0 aromatic heterocycles. The summed E-state index contributed by atoms with van der Waals surface area (Å²) in [6, 6.07) is 0. The van der Waals surface area contributed by atoms with Crippen molar-refractivity contribution in [2.45, 2.75) is 51.6 Å². The van der Waals surface area contributed by atoms with Gasteiger partial charge in [0.15, 0.2) is 0 Å². The van der Waals surface area contributed by atoms with Gasteiger partial charge in [-0.15, -0.1) is 0 Å². The zero-order valence-electron chi connectivity index (χ0n) is 8.88. The lowest BCUT2D eigenvalue weighted by atomic mass is 9.80. The second kappa shape index (κ2) is 4.97. The Morgan fingerprint density at radius 3 is 2.54 bits per heavy atom. The van der Waals surface area contributed by atoms with Gasteiger partial charge >= 0.3 is 0 Å². The molecule has 0 saturated heterocycles. The highest BCUT2D eigenvalue weighted by Crippen LogP contribution is 2.31. The molecular weight excluding hydrogens is 164 g/mol. The van der Waals surface area contributed by atoms with Crippen molar-refractivity contribution in [1.82, 2.24) is 0 Å². The molecule has 2 nitrogen and oxygen atoms in total. The molecule has 13 heavy (non-hydrogen) atoms. The summed E-state index contributed by atoms with van der Waals surface area (Å²) in [5.74, 6) is 0.784. The molecule has 1 fully saturated rings. The number of ether oxygens (including phenoxy) is 1. The Morgan fingerprint density at radius 1 is 1.38 bits per heavy atom. The predicted molar refractivity (Wildman–Crippen MR) is 53.7 cm³/mol. The Hall–Kier alpha value is -0.0800. The van der Waals surface area contributed by atoms with E-state index in [0.29, 0.717) is 6.61 Å². The lowest BCUT2D eigenvalue weighted by Crippen LogP contribution is -2.38. The third-order valence-electron chi connectivity index (χ3n) is 2.92. The lowest BCUT2D eigenvalue weighted by Gasteiger charge is -2.34. The fourth-order valence-corrected chi connectivity index (χ4v) is 1.85. The molecule has 1 rings (SSSR count). The molecule has 78 valence electrons. The van der Waals surface area contributed by atoms with Crippen LogP contribution >= 0.6 is 0 Å². The molecule has 0 aliphatic heterocycles. The van der Waals surface area contributed by atoms with Crippen LogP contribution in [0.4, 0.5) is 0 Å². The average Bonchev–Trinajstić information content (AvgIpc) is 2.12. The molecule has 0 aromatic rings. The largest absolute Gasteiger partial charge is 0.387 e. The maximum absolute atomic E-state index is 10.1. The Labute approximate surface area is 81.3 Å². The van der Waals surface area contributed by atoms with Crippen LogP contribution in [0.2, 0.25) is 0 Å². The maximum atomic E-state index is 10.1.